The third-order valence-corrected chi connectivity index (χ3v) is 6.59. The average molecular weight is 479 g/mol. The highest BCUT2D eigenvalue weighted by molar-refractivity contribution is 7.88. The molecular formula is C21H26N4O5S2. The fourth-order valence-electron chi connectivity index (χ4n) is 3.51. The molecular weight excluding hydrogens is 452 g/mol. The van der Waals surface area contributed by atoms with E-state index in [0.29, 0.717) is 43.4 Å². The second-order valence-electron chi connectivity index (χ2n) is 7.11. The highest BCUT2D eigenvalue weighted by Gasteiger charge is 2.25. The van der Waals surface area contributed by atoms with E-state index in [1.165, 1.54) is 24.8 Å². The van der Waals surface area contributed by atoms with Crippen molar-refractivity contribution in [1.82, 2.24) is 9.62 Å². The van der Waals surface area contributed by atoms with Crippen LogP contribution in [0.1, 0.15) is 10.4 Å². The molecule has 1 heterocycles. The van der Waals surface area contributed by atoms with Gasteiger partial charge in [-0.2, -0.15) is 4.31 Å². The molecule has 2 aromatic rings. The Bertz CT molecular complexity index is 1080. The summed E-state index contributed by atoms with van der Waals surface area (Å²) < 4.78 is 35.6. The first-order chi connectivity index (χ1) is 15.2. The van der Waals surface area contributed by atoms with Crippen molar-refractivity contribution < 1.29 is 22.7 Å². The summed E-state index contributed by atoms with van der Waals surface area (Å²) in [6.45, 7) is 1.90. The van der Waals surface area contributed by atoms with Gasteiger partial charge in [0.15, 0.2) is 5.11 Å². The van der Waals surface area contributed by atoms with Crippen LogP contribution >= 0.6 is 12.2 Å². The number of carbonyl (C=O) groups excluding carboxylic acids is 1. The normalized spacial score (nSPS) is 14.5. The SMILES string of the molecule is COc1cccc(OC)c1C(=O)NC(=S)Nc1ccccc1N1CCN(S(C)(=O)=O)CC1. The Morgan fingerprint density at radius 1 is 0.969 bits per heavy atom. The van der Waals surface area contributed by atoms with Gasteiger partial charge in [0.05, 0.1) is 31.9 Å². The Morgan fingerprint density at radius 3 is 2.12 bits per heavy atom. The lowest BCUT2D eigenvalue weighted by Crippen LogP contribution is -2.48. The van der Waals surface area contributed by atoms with E-state index in [1.807, 2.05) is 24.3 Å². The number of para-hydroxylation sites is 2. The third kappa shape index (κ3) is 5.47. The standard InChI is InChI=1S/C21H26N4O5S2/c1-29-17-9-6-10-18(30-2)19(17)20(26)23-21(31)22-15-7-4-5-8-16(15)24-11-13-25(14-12-24)32(3,27)28/h4-10H,11-14H2,1-3H3,(H2,22,23,26,31). The summed E-state index contributed by atoms with van der Waals surface area (Å²) in [4.78, 5) is 14.9. The van der Waals surface area contributed by atoms with Crippen molar-refractivity contribution in [3.8, 4) is 11.5 Å². The molecule has 0 saturated carbocycles. The smallest absolute Gasteiger partial charge is 0.264 e. The Hall–Kier alpha value is -2.89. The molecule has 1 aliphatic heterocycles. The monoisotopic (exact) mass is 478 g/mol. The molecule has 172 valence electrons. The first kappa shape index (κ1) is 23.8. The van der Waals surface area contributed by atoms with E-state index in [2.05, 4.69) is 15.5 Å². The first-order valence-electron chi connectivity index (χ1n) is 9.87. The molecule has 11 heteroatoms. The zero-order chi connectivity index (χ0) is 23.3. The number of nitrogens with zero attached hydrogens (tertiary/aromatic N) is 2. The number of hydrogen-bond acceptors (Lipinski definition) is 7. The molecule has 0 aromatic heterocycles. The summed E-state index contributed by atoms with van der Waals surface area (Å²) in [5.41, 5.74) is 1.82. The van der Waals surface area contributed by atoms with E-state index in [9.17, 15) is 13.2 Å². The topological polar surface area (TPSA) is 100 Å². The van der Waals surface area contributed by atoms with Gasteiger partial charge >= 0.3 is 0 Å². The molecule has 32 heavy (non-hydrogen) atoms. The minimum Gasteiger partial charge on any atom is -0.496 e. The number of methoxy groups -OCH3 is 2. The molecule has 0 radical (unpaired) electrons. The molecule has 1 amide bonds. The third-order valence-electron chi connectivity index (χ3n) is 5.08. The van der Waals surface area contributed by atoms with E-state index in [4.69, 9.17) is 21.7 Å². The molecule has 9 nitrogen and oxygen atoms in total. The van der Waals surface area contributed by atoms with Crippen LogP contribution in [0.15, 0.2) is 42.5 Å². The van der Waals surface area contributed by atoms with E-state index < -0.39 is 15.9 Å². The van der Waals surface area contributed by atoms with Gasteiger partial charge in [0.1, 0.15) is 17.1 Å². The Morgan fingerprint density at radius 2 is 1.56 bits per heavy atom. The quantitative estimate of drug-likeness (QED) is 0.608. The van der Waals surface area contributed by atoms with Crippen LogP contribution in [0.5, 0.6) is 11.5 Å². The maximum absolute atomic E-state index is 12.9. The minimum absolute atomic E-state index is 0.116. The summed E-state index contributed by atoms with van der Waals surface area (Å²) in [5, 5.41) is 5.85. The average Bonchev–Trinajstić information content (AvgIpc) is 2.78. The van der Waals surface area contributed by atoms with Crippen LogP contribution in [-0.4, -0.2) is 70.4 Å². The van der Waals surface area contributed by atoms with Crippen LogP contribution in [0.25, 0.3) is 0 Å². The molecule has 1 fully saturated rings. The zero-order valence-electron chi connectivity index (χ0n) is 18.1. The molecule has 0 atom stereocenters. The van der Waals surface area contributed by atoms with Gasteiger partial charge in [0.2, 0.25) is 10.0 Å². The fraction of sp³-hybridized carbons (Fsp3) is 0.333. The van der Waals surface area contributed by atoms with Crippen LogP contribution in [0.4, 0.5) is 11.4 Å². The number of thiocarbonyl (C=S) groups is 1. The molecule has 2 aromatic carbocycles. The zero-order valence-corrected chi connectivity index (χ0v) is 19.8. The van der Waals surface area contributed by atoms with Gasteiger partial charge in [0.25, 0.3) is 5.91 Å². The second-order valence-corrected chi connectivity index (χ2v) is 9.50. The van der Waals surface area contributed by atoms with Gasteiger partial charge < -0.3 is 19.7 Å². The number of piperazine rings is 1. The molecule has 0 unspecified atom stereocenters. The second kappa shape index (κ2) is 10.2. The van der Waals surface area contributed by atoms with Crippen molar-refractivity contribution in [2.24, 2.45) is 0 Å². The highest BCUT2D eigenvalue weighted by Crippen LogP contribution is 2.29. The number of hydrogen-bond donors (Lipinski definition) is 2. The lowest BCUT2D eigenvalue weighted by Gasteiger charge is -2.35. The van der Waals surface area contributed by atoms with Gasteiger partial charge in [-0.15, -0.1) is 0 Å². The Kier molecular flexibility index (Phi) is 7.54. The fourth-order valence-corrected chi connectivity index (χ4v) is 4.54. The van der Waals surface area contributed by atoms with Crippen LogP contribution < -0.4 is 25.0 Å². The molecule has 0 aliphatic carbocycles. The van der Waals surface area contributed by atoms with E-state index in [0.717, 1.165) is 5.69 Å². The molecule has 3 rings (SSSR count). The van der Waals surface area contributed by atoms with Crippen LogP contribution in [-0.2, 0) is 10.0 Å². The largest absolute Gasteiger partial charge is 0.496 e. The Balaban J connectivity index is 1.72. The van der Waals surface area contributed by atoms with Crippen LogP contribution in [0, 0.1) is 0 Å². The van der Waals surface area contributed by atoms with Crippen LogP contribution in [0.3, 0.4) is 0 Å². The predicted octanol–water partition coefficient (Wildman–Crippen LogP) is 1.91. The van der Waals surface area contributed by atoms with Crippen molar-refractivity contribution in [2.75, 3.05) is 56.9 Å². The number of anilines is 2. The molecule has 1 saturated heterocycles. The number of sulfonamides is 1. The maximum atomic E-state index is 12.9. The van der Waals surface area contributed by atoms with Gasteiger partial charge in [-0.25, -0.2) is 8.42 Å². The number of ether oxygens (including phenoxy) is 2. The number of amides is 1. The van der Waals surface area contributed by atoms with Crippen molar-refractivity contribution in [3.63, 3.8) is 0 Å². The van der Waals surface area contributed by atoms with Crippen LogP contribution in [0.2, 0.25) is 0 Å². The van der Waals surface area contributed by atoms with Crippen molar-refractivity contribution in [1.29, 1.82) is 0 Å². The van der Waals surface area contributed by atoms with Gasteiger partial charge in [0, 0.05) is 26.2 Å². The minimum atomic E-state index is -3.21. The summed E-state index contributed by atoms with van der Waals surface area (Å²) in [5.74, 6) is 0.277. The number of nitrogens with one attached hydrogen (secondary N) is 2. The number of benzene rings is 2. The van der Waals surface area contributed by atoms with Gasteiger partial charge in [-0.3, -0.25) is 10.1 Å². The van der Waals surface area contributed by atoms with Gasteiger partial charge in [-0.05, 0) is 36.5 Å². The molecule has 0 spiro atoms. The summed E-state index contributed by atoms with van der Waals surface area (Å²) in [6.07, 6.45) is 1.22. The lowest BCUT2D eigenvalue weighted by molar-refractivity contribution is 0.0971. The summed E-state index contributed by atoms with van der Waals surface area (Å²) in [7, 11) is -0.262. The lowest BCUT2D eigenvalue weighted by atomic mass is 10.1. The number of rotatable bonds is 6. The van der Waals surface area contributed by atoms with E-state index >= 15 is 0 Å². The molecule has 2 N–H and O–H groups in total. The van der Waals surface area contributed by atoms with Crippen molar-refractivity contribution in [2.45, 2.75) is 0 Å². The highest BCUT2D eigenvalue weighted by atomic mass is 32.2. The Labute approximate surface area is 193 Å². The molecule has 0 bridgehead atoms. The summed E-state index contributed by atoms with van der Waals surface area (Å²) >= 11 is 5.37. The predicted molar refractivity (Wildman–Crippen MR) is 128 cm³/mol. The van der Waals surface area contributed by atoms with Crippen molar-refractivity contribution in [3.05, 3.63) is 48.0 Å². The van der Waals surface area contributed by atoms with Gasteiger partial charge in [-0.1, -0.05) is 18.2 Å². The summed E-state index contributed by atoms with van der Waals surface area (Å²) in [6, 6.07) is 12.6. The van der Waals surface area contributed by atoms with Crippen molar-refractivity contribution >= 4 is 44.6 Å². The van der Waals surface area contributed by atoms with E-state index in [-0.39, 0.29) is 10.7 Å². The van der Waals surface area contributed by atoms with E-state index in [1.54, 1.807) is 18.2 Å². The first-order valence-corrected chi connectivity index (χ1v) is 12.1. The number of carbonyl (C=O) groups is 1. The maximum Gasteiger partial charge on any atom is 0.264 e. The molecule has 1 aliphatic rings.